The smallest absolute Gasteiger partial charge is 0.275 e. The Morgan fingerprint density at radius 2 is 1.51 bits per heavy atom. The molecule has 5 aromatic rings. The van der Waals surface area contributed by atoms with Gasteiger partial charge in [-0.15, -0.1) is 0 Å². The first-order chi connectivity index (χ1) is 34.5. The molecule has 72 heavy (non-hydrogen) atoms. The zero-order valence-corrected chi connectivity index (χ0v) is 43.4. The molecule has 0 saturated heterocycles. The monoisotopic (exact) mass is 1030 g/mol. The van der Waals surface area contributed by atoms with E-state index in [0.717, 1.165) is 52.0 Å². The molecule has 0 spiro atoms. The fraction of sp³-hybridized carbons (Fsp3) is 0.364. The molecule has 0 aliphatic carbocycles. The normalized spacial score (nSPS) is 17.1. The summed E-state index contributed by atoms with van der Waals surface area (Å²) >= 11 is 0. The van der Waals surface area contributed by atoms with Crippen LogP contribution in [0.15, 0.2) is 96.0 Å². The van der Waals surface area contributed by atoms with Gasteiger partial charge >= 0.3 is 0 Å². The first-order valence-electron chi connectivity index (χ1n) is 24.2. The van der Waals surface area contributed by atoms with Crippen LogP contribution >= 0.6 is 21.6 Å². The van der Waals surface area contributed by atoms with Gasteiger partial charge < -0.3 is 24.4 Å². The van der Waals surface area contributed by atoms with Crippen molar-refractivity contribution in [3.8, 4) is 17.2 Å². The first kappa shape index (κ1) is 50.8. The Morgan fingerprint density at radius 3 is 2.21 bits per heavy atom. The Bertz CT molecular complexity index is 3100. The highest BCUT2D eigenvalue weighted by Gasteiger charge is 2.39. The van der Waals surface area contributed by atoms with Gasteiger partial charge in [0.2, 0.25) is 5.91 Å². The van der Waals surface area contributed by atoms with Crippen molar-refractivity contribution in [1.82, 2.24) is 0 Å². The molecule has 9 rings (SSSR count). The van der Waals surface area contributed by atoms with E-state index in [-0.39, 0.29) is 62.3 Å². The standard InChI is InChI=1S/C55H58N4O10S3/c1-6-47(60)51(72(64,65)66)18-20-70-71-55(3,4)19-17-52(61)57-39-23-34(31-68-48-29-44-43(21-33(48)2)54(63)59-41(30-56-44)26-38-12-8-10-14-46(38)59)22-35(24-39)32-69-50-27-36-15-16-40-25-37-11-7-9-13-45(37)58(40)53(62)42(36)28-49(50)67-5/h7-14,21-24,27-30,40-41,51H,6,15-20,25-26,31-32H2,1-5H3,(H,57,61)(H,64,65,66)/t40-,41+,51?/m1/s1. The minimum atomic E-state index is -4.50. The van der Waals surface area contributed by atoms with Crippen LogP contribution in [0.4, 0.5) is 22.7 Å². The molecule has 0 radical (unpaired) electrons. The van der Waals surface area contributed by atoms with Crippen LogP contribution in [0.25, 0.3) is 0 Å². The van der Waals surface area contributed by atoms with Crippen molar-refractivity contribution >= 4 is 84.2 Å². The van der Waals surface area contributed by atoms with Crippen molar-refractivity contribution in [3.63, 3.8) is 0 Å². The van der Waals surface area contributed by atoms with Crippen molar-refractivity contribution < 1.29 is 46.4 Å². The molecule has 5 aromatic carbocycles. The number of rotatable bonds is 19. The molecule has 376 valence electrons. The Kier molecular flexibility index (Phi) is 14.9. The number of nitrogens with one attached hydrogen (secondary N) is 1. The van der Waals surface area contributed by atoms with Gasteiger partial charge in [-0.1, -0.05) is 64.9 Å². The average molecular weight is 1030 g/mol. The Balaban J connectivity index is 0.917. The highest BCUT2D eigenvalue weighted by atomic mass is 33.1. The molecule has 3 amide bonds. The zero-order chi connectivity index (χ0) is 50.9. The molecule has 14 nitrogen and oxygen atoms in total. The summed E-state index contributed by atoms with van der Waals surface area (Å²) in [6.45, 7) is 7.66. The molecule has 0 saturated carbocycles. The number of fused-ring (bicyclic) bond motifs is 8. The molecule has 0 fully saturated rings. The number of carbonyl (C=O) groups excluding carboxylic acids is 4. The maximum atomic E-state index is 14.1. The second kappa shape index (κ2) is 21.1. The zero-order valence-electron chi connectivity index (χ0n) is 40.9. The Hall–Kier alpha value is -6.14. The number of anilines is 3. The fourth-order valence-electron chi connectivity index (χ4n) is 9.96. The quantitative estimate of drug-likeness (QED) is 0.0454. The number of nitrogens with zero attached hydrogens (tertiary/aromatic N) is 3. The van der Waals surface area contributed by atoms with Crippen LogP contribution in [0.2, 0.25) is 0 Å². The number of ether oxygens (including phenoxy) is 3. The molecule has 0 aromatic heterocycles. The van der Waals surface area contributed by atoms with Gasteiger partial charge in [0.05, 0.1) is 24.4 Å². The second-order valence-electron chi connectivity index (χ2n) is 19.3. The summed E-state index contributed by atoms with van der Waals surface area (Å²) in [6.07, 6.45) is 5.50. The van der Waals surface area contributed by atoms with Gasteiger partial charge in [-0.2, -0.15) is 8.42 Å². The number of hydrogen-bond acceptors (Lipinski definition) is 12. The maximum absolute atomic E-state index is 14.1. The van der Waals surface area contributed by atoms with Crippen LogP contribution in [0.3, 0.4) is 0 Å². The summed E-state index contributed by atoms with van der Waals surface area (Å²) in [6, 6.07) is 28.8. The van der Waals surface area contributed by atoms with Crippen molar-refractivity contribution in [3.05, 3.63) is 136 Å². The van der Waals surface area contributed by atoms with Crippen molar-refractivity contribution in [2.24, 2.45) is 4.99 Å². The van der Waals surface area contributed by atoms with Gasteiger partial charge in [-0.25, -0.2) is 0 Å². The van der Waals surface area contributed by atoms with Gasteiger partial charge in [0.25, 0.3) is 21.9 Å². The van der Waals surface area contributed by atoms with Crippen LogP contribution in [0.5, 0.6) is 17.2 Å². The lowest BCUT2D eigenvalue weighted by atomic mass is 9.99. The number of aliphatic imine (C=N–C) groups is 1. The van der Waals surface area contributed by atoms with Crippen LogP contribution in [-0.4, -0.2) is 77.6 Å². The van der Waals surface area contributed by atoms with E-state index in [4.69, 9.17) is 19.2 Å². The van der Waals surface area contributed by atoms with E-state index < -0.39 is 25.9 Å². The summed E-state index contributed by atoms with van der Waals surface area (Å²) in [5.41, 5.74) is 9.41. The number of methoxy groups -OCH3 is 1. The summed E-state index contributed by atoms with van der Waals surface area (Å²) in [7, 11) is -0.0557. The number of carbonyl (C=O) groups is 4. The van der Waals surface area contributed by atoms with Gasteiger partial charge in [0.1, 0.15) is 24.2 Å². The highest BCUT2D eigenvalue weighted by molar-refractivity contribution is 8.77. The predicted octanol–water partition coefficient (Wildman–Crippen LogP) is 10.5. The summed E-state index contributed by atoms with van der Waals surface area (Å²) in [5, 5.41) is 1.63. The molecule has 3 atom stereocenters. The summed E-state index contributed by atoms with van der Waals surface area (Å²) < 4.78 is 51.6. The number of para-hydroxylation sites is 2. The number of amides is 3. The average Bonchev–Trinajstić information content (AvgIpc) is 3.85. The minimum absolute atomic E-state index is 0.00631. The second-order valence-corrected chi connectivity index (χ2v) is 24.0. The van der Waals surface area contributed by atoms with Gasteiger partial charge in [0, 0.05) is 70.7 Å². The van der Waals surface area contributed by atoms with E-state index >= 15 is 0 Å². The van der Waals surface area contributed by atoms with Crippen molar-refractivity contribution in [2.75, 3.05) is 28.0 Å². The Labute approximate surface area is 428 Å². The summed E-state index contributed by atoms with van der Waals surface area (Å²) in [5.74, 6) is 0.892. The summed E-state index contributed by atoms with van der Waals surface area (Å²) in [4.78, 5) is 62.5. The molecule has 17 heteroatoms. The van der Waals surface area contributed by atoms with Crippen LogP contribution < -0.4 is 29.3 Å². The van der Waals surface area contributed by atoms with Gasteiger partial charge in [-0.05, 0) is 135 Å². The SMILES string of the molecule is CCC(=O)C(CCSSC(C)(C)CCC(=O)Nc1cc(COc2cc3c(cc2C)C(=O)N2c4ccccc4C[C@H]2C=N3)cc(COc2cc3c(cc2OC)C(=O)N2c4ccccc4C[C@H]2CC3)c1)S(=O)(=O)O. The minimum Gasteiger partial charge on any atom is -0.493 e. The van der Waals surface area contributed by atoms with E-state index in [1.807, 2.05) is 110 Å². The largest absolute Gasteiger partial charge is 0.493 e. The topological polar surface area (TPSA) is 181 Å². The molecular weight excluding hydrogens is 973 g/mol. The number of benzene rings is 5. The lowest BCUT2D eigenvalue weighted by Crippen LogP contribution is -2.37. The number of hydrogen-bond donors (Lipinski definition) is 2. The number of ketones is 1. The van der Waals surface area contributed by atoms with Gasteiger partial charge in [0.15, 0.2) is 17.3 Å². The third kappa shape index (κ3) is 10.9. The third-order valence-corrected chi connectivity index (χ3v) is 18.3. The van der Waals surface area contributed by atoms with Crippen molar-refractivity contribution in [2.45, 2.75) is 114 Å². The third-order valence-electron chi connectivity index (χ3n) is 13.7. The molecule has 0 bridgehead atoms. The number of Topliss-reactive ketones (excluding diaryl/α,β-unsaturated/α-hetero) is 1. The van der Waals surface area contributed by atoms with E-state index in [1.54, 1.807) is 26.2 Å². The van der Waals surface area contributed by atoms with E-state index in [2.05, 4.69) is 11.4 Å². The van der Waals surface area contributed by atoms with E-state index in [1.165, 1.54) is 27.2 Å². The predicted molar refractivity (Wildman–Crippen MR) is 284 cm³/mol. The van der Waals surface area contributed by atoms with Gasteiger partial charge in [-0.3, -0.25) is 33.6 Å². The van der Waals surface area contributed by atoms with Crippen molar-refractivity contribution in [1.29, 1.82) is 0 Å². The van der Waals surface area contributed by atoms with Crippen LogP contribution in [0.1, 0.15) is 107 Å². The molecular formula is C55H58N4O10S3. The fourth-order valence-corrected chi connectivity index (χ4v) is 13.7. The van der Waals surface area contributed by atoms with Crippen LogP contribution in [-0.2, 0) is 52.2 Å². The Morgan fingerprint density at radius 1 is 0.847 bits per heavy atom. The molecule has 2 N–H and O–H groups in total. The van der Waals surface area contributed by atoms with E-state index in [0.29, 0.717) is 64.8 Å². The molecule has 4 heterocycles. The molecule has 4 aliphatic heterocycles. The lowest BCUT2D eigenvalue weighted by molar-refractivity contribution is -0.118. The van der Waals surface area contributed by atoms with E-state index in [9.17, 15) is 32.1 Å². The lowest BCUT2D eigenvalue weighted by Gasteiger charge is -2.23. The highest BCUT2D eigenvalue weighted by Crippen LogP contribution is 2.43. The molecule has 4 aliphatic rings. The number of aryl methyl sites for hydroxylation is 2. The first-order valence-corrected chi connectivity index (χ1v) is 28.0. The van der Waals surface area contributed by atoms with Crippen LogP contribution in [0, 0.1) is 6.92 Å². The maximum Gasteiger partial charge on any atom is 0.275 e. The molecule has 1 unspecified atom stereocenters.